The fourth-order valence-corrected chi connectivity index (χ4v) is 3.27. The number of rotatable bonds is 6. The normalized spacial score (nSPS) is 13.6. The van der Waals surface area contributed by atoms with Gasteiger partial charge in [-0.3, -0.25) is 4.79 Å². The van der Waals surface area contributed by atoms with Gasteiger partial charge >= 0.3 is 0 Å². The van der Waals surface area contributed by atoms with Crippen LogP contribution in [0.5, 0.6) is 0 Å². The van der Waals surface area contributed by atoms with Gasteiger partial charge < -0.3 is 5.32 Å². The number of hydrogen-bond donors (Lipinski definition) is 1. The summed E-state index contributed by atoms with van der Waals surface area (Å²) in [5.74, 6) is 1.92. The van der Waals surface area contributed by atoms with Gasteiger partial charge in [0.05, 0.1) is 6.54 Å². The Hall–Kier alpha value is -3.61. The molecule has 2 heterocycles. The zero-order chi connectivity index (χ0) is 19.8. The largest absolute Gasteiger partial charge is 0.338 e. The number of hydrogen-bond acceptors (Lipinski definition) is 6. The van der Waals surface area contributed by atoms with Crippen LogP contribution in [0.1, 0.15) is 47.4 Å². The summed E-state index contributed by atoms with van der Waals surface area (Å²) in [6, 6.07) is 17.5. The van der Waals surface area contributed by atoms with Gasteiger partial charge in [-0.15, -0.1) is 5.10 Å². The van der Waals surface area contributed by atoms with E-state index in [1.165, 1.54) is 0 Å². The topological polar surface area (TPSA) is 85.6 Å². The number of carbonyl (C=O) groups excluding carboxylic acids is 1. The van der Waals surface area contributed by atoms with Crippen LogP contribution < -0.4 is 5.32 Å². The highest BCUT2D eigenvalue weighted by molar-refractivity contribution is 5.94. The van der Waals surface area contributed by atoms with Gasteiger partial charge in [0.25, 0.3) is 0 Å². The third-order valence-electron chi connectivity index (χ3n) is 5.05. The van der Waals surface area contributed by atoms with Gasteiger partial charge in [0.1, 0.15) is 5.82 Å². The van der Waals surface area contributed by atoms with Crippen molar-refractivity contribution in [3.8, 4) is 0 Å². The SMILES string of the molecule is CC(=O)c1ccc(Nc2nc(C3CC3)nc3c2nnn3Cc2ccccc2)cc1. The van der Waals surface area contributed by atoms with Crippen molar-refractivity contribution in [3.63, 3.8) is 0 Å². The van der Waals surface area contributed by atoms with E-state index in [-0.39, 0.29) is 5.78 Å². The van der Waals surface area contributed by atoms with E-state index in [1.807, 2.05) is 35.0 Å². The Labute approximate surface area is 167 Å². The van der Waals surface area contributed by atoms with Crippen LogP contribution in [0, 0.1) is 0 Å². The molecule has 4 aromatic rings. The third-order valence-corrected chi connectivity index (χ3v) is 5.05. The quantitative estimate of drug-likeness (QED) is 0.504. The summed E-state index contributed by atoms with van der Waals surface area (Å²) in [5.41, 5.74) is 4.03. The molecule has 2 aromatic carbocycles. The van der Waals surface area contributed by atoms with Crippen LogP contribution in [-0.2, 0) is 6.54 Å². The summed E-state index contributed by atoms with van der Waals surface area (Å²) in [4.78, 5) is 21.0. The molecule has 2 aromatic heterocycles. The van der Waals surface area contributed by atoms with E-state index in [0.717, 1.165) is 35.6 Å². The smallest absolute Gasteiger partial charge is 0.184 e. The highest BCUT2D eigenvalue weighted by Gasteiger charge is 2.29. The van der Waals surface area contributed by atoms with Gasteiger partial charge in [-0.1, -0.05) is 35.5 Å². The lowest BCUT2D eigenvalue weighted by Gasteiger charge is -2.09. The molecule has 1 N–H and O–H groups in total. The molecule has 0 atom stereocenters. The van der Waals surface area contributed by atoms with E-state index in [1.54, 1.807) is 19.1 Å². The molecule has 7 nitrogen and oxygen atoms in total. The molecule has 0 radical (unpaired) electrons. The summed E-state index contributed by atoms with van der Waals surface area (Å²) in [6.45, 7) is 2.16. The minimum atomic E-state index is 0.0425. The highest BCUT2D eigenvalue weighted by Crippen LogP contribution is 2.39. The van der Waals surface area contributed by atoms with Crippen molar-refractivity contribution < 1.29 is 4.79 Å². The van der Waals surface area contributed by atoms with Crippen LogP contribution >= 0.6 is 0 Å². The van der Waals surface area contributed by atoms with Crippen molar-refractivity contribution in [2.75, 3.05) is 5.32 Å². The van der Waals surface area contributed by atoms with Gasteiger partial charge in [0, 0.05) is 17.2 Å². The fraction of sp³-hybridized carbons (Fsp3) is 0.227. The maximum absolute atomic E-state index is 11.5. The Kier molecular flexibility index (Phi) is 4.27. The number of Topliss-reactive ketones (excluding diaryl/α,β-unsaturated/α-hetero) is 1. The Morgan fingerprint density at radius 2 is 1.83 bits per heavy atom. The number of anilines is 2. The molecule has 1 fully saturated rings. The molecule has 0 bridgehead atoms. The van der Waals surface area contributed by atoms with E-state index >= 15 is 0 Å². The van der Waals surface area contributed by atoms with Crippen LogP contribution in [0.25, 0.3) is 11.2 Å². The predicted octanol–water partition coefficient (Wildman–Crippen LogP) is 4.09. The van der Waals surface area contributed by atoms with Crippen LogP contribution in [0.4, 0.5) is 11.5 Å². The minimum absolute atomic E-state index is 0.0425. The van der Waals surface area contributed by atoms with Gasteiger partial charge in [-0.25, -0.2) is 14.6 Å². The molecule has 0 unspecified atom stereocenters. The predicted molar refractivity (Wildman–Crippen MR) is 110 cm³/mol. The number of nitrogens with zero attached hydrogens (tertiary/aromatic N) is 5. The van der Waals surface area contributed by atoms with Crippen molar-refractivity contribution in [3.05, 3.63) is 71.5 Å². The molecule has 0 aliphatic heterocycles. The van der Waals surface area contributed by atoms with E-state index in [2.05, 4.69) is 27.8 Å². The molecular weight excluding hydrogens is 364 g/mol. The average Bonchev–Trinajstić information content (AvgIpc) is 3.51. The van der Waals surface area contributed by atoms with E-state index < -0.39 is 0 Å². The zero-order valence-corrected chi connectivity index (χ0v) is 16.0. The lowest BCUT2D eigenvalue weighted by atomic mass is 10.1. The van der Waals surface area contributed by atoms with Gasteiger partial charge in [0.15, 0.2) is 22.8 Å². The molecule has 0 spiro atoms. The summed E-state index contributed by atoms with van der Waals surface area (Å²) in [6.07, 6.45) is 2.22. The maximum atomic E-state index is 11.5. The van der Waals surface area contributed by atoms with Crippen molar-refractivity contribution in [1.82, 2.24) is 25.0 Å². The van der Waals surface area contributed by atoms with Gasteiger partial charge in [-0.2, -0.15) is 0 Å². The number of aromatic nitrogens is 5. The van der Waals surface area contributed by atoms with Crippen LogP contribution in [0.15, 0.2) is 54.6 Å². The molecule has 7 heteroatoms. The zero-order valence-electron chi connectivity index (χ0n) is 16.0. The molecule has 29 heavy (non-hydrogen) atoms. The first kappa shape index (κ1) is 17.5. The highest BCUT2D eigenvalue weighted by atomic mass is 16.1. The molecule has 144 valence electrons. The van der Waals surface area contributed by atoms with E-state index in [9.17, 15) is 4.79 Å². The molecule has 1 aliphatic rings. The molecule has 1 saturated carbocycles. The Morgan fingerprint density at radius 3 is 2.52 bits per heavy atom. The first-order valence-electron chi connectivity index (χ1n) is 9.70. The summed E-state index contributed by atoms with van der Waals surface area (Å²) < 4.78 is 1.82. The van der Waals surface area contributed by atoms with Gasteiger partial charge in [0.2, 0.25) is 0 Å². The second-order valence-electron chi connectivity index (χ2n) is 7.37. The summed E-state index contributed by atoms with van der Waals surface area (Å²) in [7, 11) is 0. The molecule has 0 amide bonds. The average molecular weight is 384 g/mol. The minimum Gasteiger partial charge on any atom is -0.338 e. The maximum Gasteiger partial charge on any atom is 0.184 e. The van der Waals surface area contributed by atoms with Gasteiger partial charge in [-0.05, 0) is 49.6 Å². The van der Waals surface area contributed by atoms with Crippen molar-refractivity contribution in [2.45, 2.75) is 32.2 Å². The number of nitrogens with one attached hydrogen (secondary N) is 1. The van der Waals surface area contributed by atoms with Crippen molar-refractivity contribution >= 4 is 28.5 Å². The first-order chi connectivity index (χ1) is 14.2. The number of fused-ring (bicyclic) bond motifs is 1. The van der Waals surface area contributed by atoms with E-state index in [0.29, 0.717) is 29.4 Å². The third kappa shape index (κ3) is 3.59. The molecule has 5 rings (SSSR count). The second-order valence-corrected chi connectivity index (χ2v) is 7.37. The Balaban J connectivity index is 1.53. The number of ketones is 1. The monoisotopic (exact) mass is 384 g/mol. The van der Waals surface area contributed by atoms with Crippen LogP contribution in [-0.4, -0.2) is 30.7 Å². The lowest BCUT2D eigenvalue weighted by Crippen LogP contribution is -2.06. The summed E-state index contributed by atoms with van der Waals surface area (Å²) in [5, 5.41) is 12.0. The standard InChI is InChI=1S/C22H20N6O/c1-14(29)16-9-11-18(12-10-16)23-21-19-22(25-20(24-21)17-7-8-17)28(27-26-19)13-15-5-3-2-4-6-15/h2-6,9-12,17H,7-8,13H2,1H3,(H,23,24,25). The molecular formula is C22H20N6O. The number of carbonyl (C=O) groups is 1. The van der Waals surface area contributed by atoms with E-state index in [4.69, 9.17) is 9.97 Å². The molecule has 1 aliphatic carbocycles. The summed E-state index contributed by atoms with van der Waals surface area (Å²) >= 11 is 0. The Bertz CT molecular complexity index is 1180. The van der Waals surface area contributed by atoms with Crippen molar-refractivity contribution in [2.24, 2.45) is 0 Å². The number of benzene rings is 2. The van der Waals surface area contributed by atoms with Crippen LogP contribution in [0.3, 0.4) is 0 Å². The lowest BCUT2D eigenvalue weighted by molar-refractivity contribution is 0.101. The Morgan fingerprint density at radius 1 is 1.07 bits per heavy atom. The van der Waals surface area contributed by atoms with Crippen LogP contribution in [0.2, 0.25) is 0 Å². The first-order valence-corrected chi connectivity index (χ1v) is 9.70. The fourth-order valence-electron chi connectivity index (χ4n) is 3.27. The van der Waals surface area contributed by atoms with Crippen molar-refractivity contribution in [1.29, 1.82) is 0 Å². The second kappa shape index (κ2) is 7.09. The molecule has 0 saturated heterocycles.